The average molecular weight is 218 g/mol. The predicted molar refractivity (Wildman–Crippen MR) is 51.9 cm³/mol. The maximum Gasteiger partial charge on any atom is 0.317 e. The molecule has 2 rings (SSSR count). The molecule has 15 heavy (non-hydrogen) atoms. The fourth-order valence-corrected chi connectivity index (χ4v) is 2.13. The molecule has 0 spiro atoms. The van der Waals surface area contributed by atoms with Crippen LogP contribution in [0.4, 0.5) is 13.6 Å². The number of piperidine rings is 1. The predicted octanol–water partition coefficient (Wildman–Crippen LogP) is 1.98. The van der Waals surface area contributed by atoms with Crippen LogP contribution in [-0.4, -0.2) is 36.0 Å². The summed E-state index contributed by atoms with van der Waals surface area (Å²) in [6.45, 7) is 1.52. The molecule has 2 fully saturated rings. The number of carbonyl (C=O) groups is 1. The Morgan fingerprint density at radius 2 is 1.80 bits per heavy atom. The molecule has 5 heteroatoms. The molecule has 0 atom stereocenters. The third-order valence-corrected chi connectivity index (χ3v) is 3.06. The highest BCUT2D eigenvalue weighted by Crippen LogP contribution is 2.37. The Hall–Kier alpha value is -0.870. The van der Waals surface area contributed by atoms with Crippen molar-refractivity contribution in [1.82, 2.24) is 10.2 Å². The molecular weight excluding hydrogens is 202 g/mol. The molecule has 1 heterocycles. The summed E-state index contributed by atoms with van der Waals surface area (Å²) in [5.41, 5.74) is 0. The number of amides is 2. The van der Waals surface area contributed by atoms with Crippen LogP contribution in [0.1, 0.15) is 32.1 Å². The smallest absolute Gasteiger partial charge is 0.317 e. The second-order valence-electron chi connectivity index (χ2n) is 4.46. The van der Waals surface area contributed by atoms with E-state index in [1.54, 1.807) is 4.90 Å². The van der Waals surface area contributed by atoms with E-state index in [1.165, 1.54) is 0 Å². The van der Waals surface area contributed by atoms with E-state index >= 15 is 0 Å². The van der Waals surface area contributed by atoms with E-state index < -0.39 is 5.92 Å². The fourth-order valence-electron chi connectivity index (χ4n) is 2.13. The summed E-state index contributed by atoms with van der Waals surface area (Å²) in [4.78, 5) is 13.3. The van der Waals surface area contributed by atoms with Crippen molar-refractivity contribution in [3.8, 4) is 0 Å². The number of hydrogen-bond donors (Lipinski definition) is 1. The number of rotatable bonds is 1. The zero-order valence-corrected chi connectivity index (χ0v) is 8.64. The Morgan fingerprint density at radius 3 is 2.33 bits per heavy atom. The van der Waals surface area contributed by atoms with Gasteiger partial charge < -0.3 is 10.2 Å². The molecule has 1 aliphatic carbocycles. The molecule has 0 aromatic carbocycles. The number of alkyl halides is 2. The number of nitrogens with zero attached hydrogens (tertiary/aromatic N) is 1. The molecule has 1 aliphatic heterocycles. The van der Waals surface area contributed by atoms with E-state index in [2.05, 4.69) is 5.32 Å². The molecule has 0 unspecified atom stereocenters. The molecule has 2 amide bonds. The van der Waals surface area contributed by atoms with Crippen LogP contribution < -0.4 is 5.32 Å². The van der Waals surface area contributed by atoms with Gasteiger partial charge in [0.15, 0.2) is 0 Å². The maximum atomic E-state index is 12.5. The van der Waals surface area contributed by atoms with Gasteiger partial charge in [-0.15, -0.1) is 0 Å². The first-order valence-electron chi connectivity index (χ1n) is 5.50. The molecule has 2 aliphatic rings. The van der Waals surface area contributed by atoms with Crippen LogP contribution in [0.3, 0.4) is 0 Å². The summed E-state index contributed by atoms with van der Waals surface area (Å²) in [6, 6.07) is -0.496. The Kier molecular flexibility index (Phi) is 2.80. The third kappa shape index (κ3) is 2.58. The minimum atomic E-state index is -2.56. The Balaban J connectivity index is 1.73. The van der Waals surface area contributed by atoms with Gasteiger partial charge in [-0.2, -0.15) is 0 Å². The summed E-state index contributed by atoms with van der Waals surface area (Å²) in [5.74, 6) is -2.56. The Bertz CT molecular complexity index is 244. The summed E-state index contributed by atoms with van der Waals surface area (Å²) >= 11 is 0. The first kappa shape index (κ1) is 10.6. The van der Waals surface area contributed by atoms with Crippen molar-refractivity contribution in [3.05, 3.63) is 0 Å². The van der Waals surface area contributed by atoms with E-state index in [-0.39, 0.29) is 24.9 Å². The molecule has 3 nitrogen and oxygen atoms in total. The number of likely N-dealkylation sites (tertiary alicyclic amines) is 1. The second-order valence-corrected chi connectivity index (χ2v) is 4.46. The largest absolute Gasteiger partial charge is 0.335 e. The molecule has 0 radical (unpaired) electrons. The van der Waals surface area contributed by atoms with Gasteiger partial charge in [0.05, 0.1) is 0 Å². The standard InChI is InChI=1S/C10H16F2N2O/c11-10(12)6-8(7-10)13-9(15)14-4-2-1-3-5-14/h8H,1-7H2,(H,13,15). The molecule has 1 N–H and O–H groups in total. The van der Waals surface area contributed by atoms with Crippen LogP contribution in [0.15, 0.2) is 0 Å². The van der Waals surface area contributed by atoms with Gasteiger partial charge in [-0.3, -0.25) is 0 Å². The number of halogens is 2. The van der Waals surface area contributed by atoms with Crippen molar-refractivity contribution in [1.29, 1.82) is 0 Å². The van der Waals surface area contributed by atoms with Gasteiger partial charge in [0.1, 0.15) is 0 Å². The lowest BCUT2D eigenvalue weighted by molar-refractivity contribution is -0.0903. The number of hydrogen-bond acceptors (Lipinski definition) is 1. The maximum absolute atomic E-state index is 12.5. The SMILES string of the molecule is O=C(NC1CC(F)(F)C1)N1CCCCC1. The first-order valence-corrected chi connectivity index (χ1v) is 5.50. The fraction of sp³-hybridized carbons (Fsp3) is 0.900. The topological polar surface area (TPSA) is 32.3 Å². The van der Waals surface area contributed by atoms with Crippen LogP contribution in [0.2, 0.25) is 0 Å². The molecule has 1 saturated carbocycles. The highest BCUT2D eigenvalue weighted by atomic mass is 19.3. The van der Waals surface area contributed by atoms with E-state index in [1.807, 2.05) is 0 Å². The lowest BCUT2D eigenvalue weighted by atomic mass is 9.88. The van der Waals surface area contributed by atoms with E-state index in [0.29, 0.717) is 0 Å². The summed E-state index contributed by atoms with van der Waals surface area (Å²) in [6.07, 6.45) is 2.80. The summed E-state index contributed by atoms with van der Waals surface area (Å²) in [5, 5.41) is 2.65. The van der Waals surface area contributed by atoms with Crippen LogP contribution >= 0.6 is 0 Å². The zero-order valence-electron chi connectivity index (χ0n) is 8.64. The third-order valence-electron chi connectivity index (χ3n) is 3.06. The van der Waals surface area contributed by atoms with Crippen molar-refractivity contribution >= 4 is 6.03 Å². The number of urea groups is 1. The normalized spacial score (nSPS) is 25.9. The molecule has 0 aromatic rings. The minimum Gasteiger partial charge on any atom is -0.335 e. The van der Waals surface area contributed by atoms with Crippen molar-refractivity contribution in [2.24, 2.45) is 0 Å². The highest BCUT2D eigenvalue weighted by molar-refractivity contribution is 5.74. The quantitative estimate of drug-likeness (QED) is 0.717. The molecule has 86 valence electrons. The minimum absolute atomic E-state index is 0.171. The van der Waals surface area contributed by atoms with Crippen LogP contribution in [-0.2, 0) is 0 Å². The highest BCUT2D eigenvalue weighted by Gasteiger charge is 2.46. The van der Waals surface area contributed by atoms with Gasteiger partial charge in [0, 0.05) is 32.0 Å². The molecule has 0 bridgehead atoms. The van der Waals surface area contributed by atoms with E-state index in [0.717, 1.165) is 32.4 Å². The summed E-state index contributed by atoms with van der Waals surface area (Å²) in [7, 11) is 0. The lowest BCUT2D eigenvalue weighted by Crippen LogP contribution is -2.54. The van der Waals surface area contributed by atoms with Crippen molar-refractivity contribution in [3.63, 3.8) is 0 Å². The second kappa shape index (κ2) is 3.94. The van der Waals surface area contributed by atoms with Crippen LogP contribution in [0, 0.1) is 0 Å². The lowest BCUT2D eigenvalue weighted by Gasteiger charge is -2.37. The monoisotopic (exact) mass is 218 g/mol. The van der Waals surface area contributed by atoms with Crippen molar-refractivity contribution < 1.29 is 13.6 Å². The van der Waals surface area contributed by atoms with Crippen molar-refractivity contribution in [2.45, 2.75) is 44.1 Å². The van der Waals surface area contributed by atoms with Gasteiger partial charge in [-0.25, -0.2) is 13.6 Å². The Labute approximate surface area is 87.8 Å². The number of nitrogens with one attached hydrogen (secondary N) is 1. The Morgan fingerprint density at radius 1 is 1.20 bits per heavy atom. The number of carbonyl (C=O) groups excluding carboxylic acids is 1. The van der Waals surface area contributed by atoms with E-state index in [9.17, 15) is 13.6 Å². The molecule has 1 saturated heterocycles. The van der Waals surface area contributed by atoms with Gasteiger partial charge in [0.25, 0.3) is 5.92 Å². The van der Waals surface area contributed by atoms with Gasteiger partial charge in [-0.1, -0.05) is 0 Å². The van der Waals surface area contributed by atoms with Crippen molar-refractivity contribution in [2.75, 3.05) is 13.1 Å². The molecule has 0 aromatic heterocycles. The molecular formula is C10H16F2N2O. The summed E-state index contributed by atoms with van der Waals surface area (Å²) < 4.78 is 25.0. The first-order chi connectivity index (χ1) is 7.07. The van der Waals surface area contributed by atoms with E-state index in [4.69, 9.17) is 0 Å². The van der Waals surface area contributed by atoms with Gasteiger partial charge in [-0.05, 0) is 19.3 Å². The van der Waals surface area contributed by atoms with Gasteiger partial charge in [0.2, 0.25) is 0 Å². The van der Waals surface area contributed by atoms with Crippen LogP contribution in [0.25, 0.3) is 0 Å². The average Bonchev–Trinajstić information content (AvgIpc) is 2.16. The zero-order chi connectivity index (χ0) is 10.9. The van der Waals surface area contributed by atoms with Gasteiger partial charge >= 0.3 is 6.03 Å². The van der Waals surface area contributed by atoms with Crippen LogP contribution in [0.5, 0.6) is 0 Å².